The van der Waals surface area contributed by atoms with Gasteiger partial charge in [0.25, 0.3) is 0 Å². The molecule has 0 aliphatic carbocycles. The van der Waals surface area contributed by atoms with E-state index < -0.39 is 12.1 Å². The van der Waals surface area contributed by atoms with Gasteiger partial charge in [-0.15, -0.1) is 0 Å². The van der Waals surface area contributed by atoms with Gasteiger partial charge in [0.1, 0.15) is 0 Å². The molecular weight excluding hydrogens is 999 g/mol. The molecule has 468 valence electrons. The van der Waals surface area contributed by atoms with Gasteiger partial charge in [0, 0.05) is 6.42 Å². The van der Waals surface area contributed by atoms with Gasteiger partial charge >= 0.3 is 0 Å². The van der Waals surface area contributed by atoms with Gasteiger partial charge in [-0.1, -0.05) is 359 Å². The van der Waals surface area contributed by atoms with Crippen molar-refractivity contribution in [3.8, 4) is 0 Å². The molecule has 0 saturated carbocycles. The van der Waals surface area contributed by atoms with Crippen LogP contribution in [0.15, 0.2) is 146 Å². The van der Waals surface area contributed by atoms with E-state index in [1.54, 1.807) is 0 Å². The summed E-state index contributed by atoms with van der Waals surface area (Å²) in [4.78, 5) is 12.6. The van der Waals surface area contributed by atoms with E-state index in [-0.39, 0.29) is 12.5 Å². The summed E-state index contributed by atoms with van der Waals surface area (Å²) in [6.07, 6.45) is 112. The smallest absolute Gasteiger partial charge is 0.220 e. The van der Waals surface area contributed by atoms with Gasteiger partial charge in [-0.05, 0) is 103 Å². The second-order valence-electron chi connectivity index (χ2n) is 23.2. The Hall–Kier alpha value is -3.73. The van der Waals surface area contributed by atoms with Crippen LogP contribution in [0.1, 0.15) is 322 Å². The highest BCUT2D eigenvalue weighted by Gasteiger charge is 2.20. The van der Waals surface area contributed by atoms with Crippen LogP contribution in [0.4, 0.5) is 0 Å². The van der Waals surface area contributed by atoms with Crippen molar-refractivity contribution < 1.29 is 15.0 Å². The molecule has 0 saturated heterocycles. The number of hydrogen-bond donors (Lipinski definition) is 3. The van der Waals surface area contributed by atoms with Gasteiger partial charge < -0.3 is 15.5 Å². The zero-order valence-electron chi connectivity index (χ0n) is 54.0. The normalized spacial score (nSPS) is 13.7. The molecule has 0 spiro atoms. The van der Waals surface area contributed by atoms with Crippen LogP contribution in [-0.4, -0.2) is 34.9 Å². The number of aliphatic hydroxyl groups excluding tert-OH is 2. The molecule has 3 N–H and O–H groups in total. The molecule has 0 aliphatic heterocycles. The molecule has 0 radical (unpaired) electrons. The number of unbranched alkanes of at least 4 members (excludes halogenated alkanes) is 32. The van der Waals surface area contributed by atoms with E-state index in [1.807, 2.05) is 0 Å². The lowest BCUT2D eigenvalue weighted by Gasteiger charge is -2.22. The maximum absolute atomic E-state index is 12.6. The van der Waals surface area contributed by atoms with Gasteiger partial charge in [0.2, 0.25) is 5.91 Å². The monoisotopic (exact) mass is 1130 g/mol. The maximum atomic E-state index is 12.6. The van der Waals surface area contributed by atoms with E-state index in [1.165, 1.54) is 173 Å². The van der Waals surface area contributed by atoms with Gasteiger partial charge in [-0.25, -0.2) is 0 Å². The van der Waals surface area contributed by atoms with E-state index in [4.69, 9.17) is 0 Å². The molecule has 4 nitrogen and oxygen atoms in total. The minimum absolute atomic E-state index is 0.0575. The van der Waals surface area contributed by atoms with Crippen LogP contribution in [0.2, 0.25) is 0 Å². The summed E-state index contributed by atoms with van der Waals surface area (Å²) >= 11 is 0. The van der Waals surface area contributed by atoms with Crippen LogP contribution in [-0.2, 0) is 4.79 Å². The zero-order chi connectivity index (χ0) is 59.1. The van der Waals surface area contributed by atoms with Gasteiger partial charge in [0.15, 0.2) is 0 Å². The first-order valence-corrected chi connectivity index (χ1v) is 35.0. The van der Waals surface area contributed by atoms with Crippen LogP contribution in [0, 0.1) is 0 Å². The Morgan fingerprint density at radius 2 is 0.537 bits per heavy atom. The second kappa shape index (κ2) is 71.5. The summed E-state index contributed by atoms with van der Waals surface area (Å²) < 4.78 is 0. The third kappa shape index (κ3) is 67.1. The molecule has 0 aromatic rings. The van der Waals surface area contributed by atoms with E-state index in [0.29, 0.717) is 12.8 Å². The average Bonchev–Trinajstić information content (AvgIpc) is 3.50. The Bertz CT molecular complexity index is 1670. The van der Waals surface area contributed by atoms with Crippen molar-refractivity contribution in [2.75, 3.05) is 6.61 Å². The van der Waals surface area contributed by atoms with E-state index in [9.17, 15) is 15.0 Å². The summed E-state index contributed by atoms with van der Waals surface area (Å²) in [5, 5.41) is 23.4. The molecule has 2 atom stereocenters. The second-order valence-corrected chi connectivity index (χ2v) is 23.2. The predicted octanol–water partition coefficient (Wildman–Crippen LogP) is 24.3. The maximum Gasteiger partial charge on any atom is 0.220 e. The number of hydrogen-bond acceptors (Lipinski definition) is 3. The zero-order valence-corrected chi connectivity index (χ0v) is 54.0. The first kappa shape index (κ1) is 78.3. The molecule has 0 rings (SSSR count). The Kier molecular flexibility index (Phi) is 68.3. The molecular formula is C78H133NO3. The van der Waals surface area contributed by atoms with E-state index >= 15 is 0 Å². The van der Waals surface area contributed by atoms with E-state index in [0.717, 1.165) is 122 Å². The van der Waals surface area contributed by atoms with Crippen LogP contribution < -0.4 is 5.32 Å². The minimum Gasteiger partial charge on any atom is -0.394 e. The van der Waals surface area contributed by atoms with Crippen molar-refractivity contribution in [2.45, 2.75) is 334 Å². The summed E-state index contributed by atoms with van der Waals surface area (Å²) in [6, 6.07) is -0.563. The standard InChI is InChI=1S/C78H133NO3/c1-3-5-7-9-11-13-15-17-19-21-23-25-27-29-31-33-34-35-36-37-38-39-40-41-42-43-44-46-48-50-52-54-56-58-60-62-64-66-68-70-72-74-78(82)79-76(75-80)77(81)73-71-69-67-65-63-61-59-57-55-53-51-49-47-45-32-30-28-26-24-22-20-18-16-14-12-10-8-6-4-2/h5,7,11,13,17,19,23,25,29,31,34-35,37-38,40-41,43-44,48,50,54,56,60,62,76-77,80-81H,3-4,6,8-10,12,14-16,18,20-22,24,26-28,30,32-33,36,39,42,45-47,49,51-53,55,57-59,61,63-75H2,1-2H3,(H,79,82)/b7-5-,13-11-,19-17-,25-23-,31-29-,35-34-,38-37-,41-40-,44-43-,50-48-,56-54-,62-60-. The lowest BCUT2D eigenvalue weighted by molar-refractivity contribution is -0.123. The quantitative estimate of drug-likeness (QED) is 0.0420. The molecule has 2 unspecified atom stereocenters. The molecule has 0 heterocycles. The Labute approximate surface area is 510 Å². The molecule has 1 amide bonds. The van der Waals surface area contributed by atoms with Crippen molar-refractivity contribution in [1.29, 1.82) is 0 Å². The highest BCUT2D eigenvalue weighted by Crippen LogP contribution is 2.18. The summed E-state index contributed by atoms with van der Waals surface area (Å²) in [7, 11) is 0. The fraction of sp³-hybridized carbons (Fsp3) is 0.679. The molecule has 0 fully saturated rings. The Balaban J connectivity index is 3.60. The lowest BCUT2D eigenvalue weighted by Crippen LogP contribution is -2.45. The number of carbonyl (C=O) groups is 1. The SMILES string of the molecule is CC/C=C\C/C=C\C/C=C\C/C=C\C/C=C\C/C=C\C/C=C\C/C=C\C/C=C\C/C=C\C/C=C\C/C=C\CCCCCCC(=O)NC(CO)C(O)CCCCCCCCCCCCCCCCCCCCCCCCCCCCCCC. The molecule has 82 heavy (non-hydrogen) atoms. The lowest BCUT2D eigenvalue weighted by atomic mass is 10.0. The van der Waals surface area contributed by atoms with E-state index in [2.05, 4.69) is 165 Å². The highest BCUT2D eigenvalue weighted by molar-refractivity contribution is 5.76. The predicted molar refractivity (Wildman–Crippen MR) is 368 cm³/mol. The Morgan fingerprint density at radius 3 is 0.805 bits per heavy atom. The molecule has 0 aromatic carbocycles. The Morgan fingerprint density at radius 1 is 0.305 bits per heavy atom. The molecule has 4 heteroatoms. The first-order valence-electron chi connectivity index (χ1n) is 35.0. The van der Waals surface area contributed by atoms with Crippen molar-refractivity contribution in [2.24, 2.45) is 0 Å². The van der Waals surface area contributed by atoms with Gasteiger partial charge in [0.05, 0.1) is 18.8 Å². The first-order chi connectivity index (χ1) is 40.7. The van der Waals surface area contributed by atoms with Crippen LogP contribution in [0.25, 0.3) is 0 Å². The third-order valence-electron chi connectivity index (χ3n) is 15.4. The third-order valence-corrected chi connectivity index (χ3v) is 15.4. The highest BCUT2D eigenvalue weighted by atomic mass is 16.3. The van der Waals surface area contributed by atoms with Crippen molar-refractivity contribution in [3.63, 3.8) is 0 Å². The molecule has 0 aromatic heterocycles. The van der Waals surface area contributed by atoms with Crippen molar-refractivity contribution in [1.82, 2.24) is 5.32 Å². The summed E-state index contributed by atoms with van der Waals surface area (Å²) in [5.74, 6) is -0.0575. The number of aliphatic hydroxyl groups is 2. The van der Waals surface area contributed by atoms with Crippen molar-refractivity contribution in [3.05, 3.63) is 146 Å². The van der Waals surface area contributed by atoms with Crippen LogP contribution in [0.3, 0.4) is 0 Å². The number of nitrogens with one attached hydrogen (secondary N) is 1. The van der Waals surface area contributed by atoms with Gasteiger partial charge in [-0.3, -0.25) is 4.79 Å². The molecule has 0 bridgehead atoms. The largest absolute Gasteiger partial charge is 0.394 e. The minimum atomic E-state index is -0.683. The van der Waals surface area contributed by atoms with Gasteiger partial charge in [-0.2, -0.15) is 0 Å². The summed E-state index contributed by atoms with van der Waals surface area (Å²) in [5.41, 5.74) is 0. The summed E-state index contributed by atoms with van der Waals surface area (Å²) in [6.45, 7) is 4.25. The fourth-order valence-corrected chi connectivity index (χ4v) is 10.1. The molecule has 0 aliphatic rings. The number of carbonyl (C=O) groups excluding carboxylic acids is 1. The van der Waals surface area contributed by atoms with Crippen molar-refractivity contribution >= 4 is 5.91 Å². The van der Waals surface area contributed by atoms with Crippen LogP contribution in [0.5, 0.6) is 0 Å². The number of amides is 1. The number of rotatable bonds is 63. The fourth-order valence-electron chi connectivity index (χ4n) is 10.1. The average molecular weight is 1130 g/mol. The van der Waals surface area contributed by atoms with Crippen LogP contribution >= 0.6 is 0 Å². The topological polar surface area (TPSA) is 69.6 Å². The number of allylic oxidation sites excluding steroid dienone is 24.